The third kappa shape index (κ3) is 3.56. The zero-order valence-corrected chi connectivity index (χ0v) is 13.9. The molecule has 1 aromatic heterocycles. The molecule has 0 bridgehead atoms. The van der Waals surface area contributed by atoms with Crippen molar-refractivity contribution < 1.29 is 17.9 Å². The van der Waals surface area contributed by atoms with Crippen LogP contribution in [0, 0.1) is 17.5 Å². The summed E-state index contributed by atoms with van der Waals surface area (Å²) in [4.78, 5) is 12.1. The lowest BCUT2D eigenvalue weighted by molar-refractivity contribution is 0.438. The lowest BCUT2D eigenvalue weighted by Gasteiger charge is -2.13. The minimum Gasteiger partial charge on any atom is -0.454 e. The zero-order chi connectivity index (χ0) is 18.1. The number of pyridine rings is 1. The predicted molar refractivity (Wildman–Crippen MR) is 90.8 cm³/mol. The summed E-state index contributed by atoms with van der Waals surface area (Å²) in [6, 6.07) is 8.73. The van der Waals surface area contributed by atoms with E-state index in [9.17, 15) is 18.0 Å². The molecule has 0 aliphatic carbocycles. The molecule has 0 atom stereocenters. The molecule has 0 saturated heterocycles. The van der Waals surface area contributed by atoms with Crippen LogP contribution in [0.1, 0.15) is 0 Å². The Hall–Kier alpha value is -2.67. The molecule has 0 spiro atoms. The first-order valence-electron chi connectivity index (χ1n) is 7.17. The predicted octanol–water partition coefficient (Wildman–Crippen LogP) is 4.55. The van der Waals surface area contributed by atoms with Gasteiger partial charge in [0.1, 0.15) is 11.6 Å². The lowest BCUT2D eigenvalue weighted by atomic mass is 10.1. The van der Waals surface area contributed by atoms with Crippen LogP contribution in [0.4, 0.5) is 13.2 Å². The van der Waals surface area contributed by atoms with Crippen LogP contribution in [0.2, 0.25) is 0 Å². The number of rotatable bonds is 3. The Morgan fingerprint density at radius 1 is 0.960 bits per heavy atom. The van der Waals surface area contributed by atoms with Crippen molar-refractivity contribution in [2.45, 2.75) is 4.90 Å². The average Bonchev–Trinajstić information content (AvgIpc) is 2.56. The highest BCUT2D eigenvalue weighted by molar-refractivity contribution is 7.80. The Kier molecular flexibility index (Phi) is 4.59. The van der Waals surface area contributed by atoms with Crippen molar-refractivity contribution in [1.82, 2.24) is 4.57 Å². The van der Waals surface area contributed by atoms with Crippen LogP contribution in [0.25, 0.3) is 11.1 Å². The van der Waals surface area contributed by atoms with Gasteiger partial charge in [0.05, 0.1) is 0 Å². The number of hydrogen-bond donors (Lipinski definition) is 1. The Balaban J connectivity index is 2.12. The van der Waals surface area contributed by atoms with E-state index in [1.807, 2.05) is 0 Å². The van der Waals surface area contributed by atoms with E-state index in [1.165, 1.54) is 19.3 Å². The topological polar surface area (TPSA) is 31.2 Å². The summed E-state index contributed by atoms with van der Waals surface area (Å²) in [6.45, 7) is 0. The molecule has 7 heteroatoms. The summed E-state index contributed by atoms with van der Waals surface area (Å²) in [5.74, 6) is -2.49. The molecule has 3 rings (SSSR count). The van der Waals surface area contributed by atoms with E-state index in [1.54, 1.807) is 12.1 Å². The van der Waals surface area contributed by atoms with E-state index < -0.39 is 23.0 Å². The van der Waals surface area contributed by atoms with Gasteiger partial charge in [-0.15, -0.1) is 12.6 Å². The Bertz CT molecular complexity index is 991. The van der Waals surface area contributed by atoms with Gasteiger partial charge in [0.15, 0.2) is 17.4 Å². The van der Waals surface area contributed by atoms with Crippen molar-refractivity contribution >= 4 is 12.6 Å². The number of thiol groups is 1. The van der Waals surface area contributed by atoms with Gasteiger partial charge in [0, 0.05) is 35.3 Å². The lowest BCUT2D eigenvalue weighted by Crippen LogP contribution is -2.19. The molecule has 2 aromatic carbocycles. The molecule has 3 aromatic rings. The molecule has 0 aliphatic heterocycles. The molecule has 0 radical (unpaired) electrons. The Morgan fingerprint density at radius 2 is 1.68 bits per heavy atom. The molecular formula is C18H12F3NO2S. The fraction of sp³-hybridized carbons (Fsp3) is 0.0556. The molecule has 25 heavy (non-hydrogen) atoms. The largest absolute Gasteiger partial charge is 0.454 e. The summed E-state index contributed by atoms with van der Waals surface area (Å²) >= 11 is 4.24. The fourth-order valence-electron chi connectivity index (χ4n) is 2.33. The van der Waals surface area contributed by atoms with Crippen LogP contribution >= 0.6 is 12.6 Å². The number of nitrogens with zero attached hydrogens (tertiary/aromatic N) is 1. The molecule has 0 saturated carbocycles. The molecule has 1 heterocycles. The van der Waals surface area contributed by atoms with Gasteiger partial charge in [-0.25, -0.2) is 13.2 Å². The fourth-order valence-corrected chi connectivity index (χ4v) is 2.53. The minimum absolute atomic E-state index is 0.181. The maximum Gasteiger partial charge on any atom is 0.286 e. The van der Waals surface area contributed by atoms with Gasteiger partial charge >= 0.3 is 0 Å². The number of ether oxygens (including phenoxy) is 1. The quantitative estimate of drug-likeness (QED) is 0.692. The van der Waals surface area contributed by atoms with Gasteiger partial charge in [-0.05, 0) is 36.4 Å². The van der Waals surface area contributed by atoms with Crippen molar-refractivity contribution in [2.24, 2.45) is 7.05 Å². The smallest absolute Gasteiger partial charge is 0.286 e. The highest BCUT2D eigenvalue weighted by atomic mass is 32.1. The standard InChI is InChI=1S/C18H12F3NO2S/c1-22-9-10(6-15(21)18(22)23)13-8-12(25)3-5-16(13)24-17-4-2-11(19)7-14(17)20/h2-9,25H,1H3. The van der Waals surface area contributed by atoms with E-state index in [2.05, 4.69) is 12.6 Å². The van der Waals surface area contributed by atoms with Gasteiger partial charge < -0.3 is 9.30 Å². The van der Waals surface area contributed by atoms with Crippen LogP contribution in [0.5, 0.6) is 11.5 Å². The third-order valence-corrected chi connectivity index (χ3v) is 3.81. The average molecular weight is 363 g/mol. The zero-order valence-electron chi connectivity index (χ0n) is 13.0. The van der Waals surface area contributed by atoms with Crippen LogP contribution in [0.15, 0.2) is 58.4 Å². The first kappa shape index (κ1) is 17.2. The Morgan fingerprint density at radius 3 is 2.36 bits per heavy atom. The van der Waals surface area contributed by atoms with E-state index >= 15 is 0 Å². The number of aromatic nitrogens is 1. The summed E-state index contributed by atoms with van der Waals surface area (Å²) < 4.78 is 47.3. The second kappa shape index (κ2) is 6.68. The van der Waals surface area contributed by atoms with Gasteiger partial charge in [0.2, 0.25) is 0 Å². The van der Waals surface area contributed by atoms with Crippen molar-refractivity contribution in [2.75, 3.05) is 0 Å². The number of halogens is 3. The third-order valence-electron chi connectivity index (χ3n) is 3.53. The molecule has 0 unspecified atom stereocenters. The highest BCUT2D eigenvalue weighted by Gasteiger charge is 2.14. The highest BCUT2D eigenvalue weighted by Crippen LogP contribution is 2.35. The van der Waals surface area contributed by atoms with Crippen LogP contribution in [0.3, 0.4) is 0 Å². The number of benzene rings is 2. The number of aryl methyl sites for hydroxylation is 1. The summed E-state index contributed by atoms with van der Waals surface area (Å²) in [5, 5.41) is 0. The van der Waals surface area contributed by atoms with Crippen molar-refractivity contribution in [3.63, 3.8) is 0 Å². The van der Waals surface area contributed by atoms with E-state index in [-0.39, 0.29) is 11.5 Å². The SMILES string of the molecule is Cn1cc(-c2cc(S)ccc2Oc2ccc(F)cc2F)cc(F)c1=O. The van der Waals surface area contributed by atoms with Gasteiger partial charge in [-0.3, -0.25) is 4.79 Å². The van der Waals surface area contributed by atoms with Crippen LogP contribution < -0.4 is 10.3 Å². The maximum atomic E-state index is 13.8. The van der Waals surface area contributed by atoms with E-state index in [0.29, 0.717) is 22.1 Å². The molecule has 0 N–H and O–H groups in total. The molecule has 3 nitrogen and oxygen atoms in total. The summed E-state index contributed by atoms with van der Waals surface area (Å²) in [7, 11) is 1.42. The Labute approximate surface area is 146 Å². The van der Waals surface area contributed by atoms with E-state index in [4.69, 9.17) is 4.74 Å². The van der Waals surface area contributed by atoms with Crippen LogP contribution in [-0.4, -0.2) is 4.57 Å². The molecular weight excluding hydrogens is 351 g/mol. The normalized spacial score (nSPS) is 10.8. The molecule has 0 aliphatic rings. The van der Waals surface area contributed by atoms with Crippen molar-refractivity contribution in [1.29, 1.82) is 0 Å². The molecule has 0 fully saturated rings. The molecule has 0 amide bonds. The minimum atomic E-state index is -0.927. The maximum absolute atomic E-state index is 13.8. The summed E-state index contributed by atoms with van der Waals surface area (Å²) in [6.07, 6.45) is 1.43. The van der Waals surface area contributed by atoms with Gasteiger partial charge in [0.25, 0.3) is 5.56 Å². The van der Waals surface area contributed by atoms with Gasteiger partial charge in [-0.2, -0.15) is 0 Å². The van der Waals surface area contributed by atoms with Crippen molar-refractivity contribution in [3.05, 3.63) is 76.5 Å². The number of hydrogen-bond acceptors (Lipinski definition) is 3. The monoisotopic (exact) mass is 363 g/mol. The second-order valence-corrected chi connectivity index (χ2v) is 5.87. The van der Waals surface area contributed by atoms with Gasteiger partial charge in [-0.1, -0.05) is 0 Å². The first-order chi connectivity index (χ1) is 11.8. The van der Waals surface area contributed by atoms with E-state index in [0.717, 1.165) is 22.8 Å². The summed E-state index contributed by atoms with van der Waals surface area (Å²) in [5.41, 5.74) is -0.00318. The first-order valence-corrected chi connectivity index (χ1v) is 7.62. The second-order valence-electron chi connectivity index (χ2n) is 5.35. The van der Waals surface area contributed by atoms with Crippen LogP contribution in [-0.2, 0) is 7.05 Å². The molecule has 128 valence electrons. The van der Waals surface area contributed by atoms with Crippen molar-refractivity contribution in [3.8, 4) is 22.6 Å².